The van der Waals surface area contributed by atoms with Gasteiger partial charge < -0.3 is 9.84 Å². The van der Waals surface area contributed by atoms with Crippen LogP contribution in [-0.4, -0.2) is 17.2 Å². The molecule has 0 atom stereocenters. The van der Waals surface area contributed by atoms with Crippen LogP contribution in [0.15, 0.2) is 18.2 Å². The maximum atomic E-state index is 10.5. The first-order valence-corrected chi connectivity index (χ1v) is 10.8. The van der Waals surface area contributed by atoms with Gasteiger partial charge >= 0.3 is 0 Å². The van der Waals surface area contributed by atoms with E-state index in [0.717, 1.165) is 56.9 Å². The standard InChI is InChI=1S/C24H38O3/c1-23(2,3)14-8-5-4-6-11-21-18-20(12-13-22(21)26)10-7-9-15-24(16-17-24)27-19-25/h12-13,18-19,26H,4-11,14-17H2,1-3H3. The van der Waals surface area contributed by atoms with Gasteiger partial charge in [0.1, 0.15) is 11.4 Å². The lowest BCUT2D eigenvalue weighted by Gasteiger charge is -2.17. The molecule has 3 nitrogen and oxygen atoms in total. The van der Waals surface area contributed by atoms with Crippen molar-refractivity contribution in [3.05, 3.63) is 29.3 Å². The van der Waals surface area contributed by atoms with Crippen LogP contribution in [0.3, 0.4) is 0 Å². The lowest BCUT2D eigenvalue weighted by Crippen LogP contribution is -2.12. The number of aryl methyl sites for hydroxylation is 2. The summed E-state index contributed by atoms with van der Waals surface area (Å²) < 4.78 is 5.20. The van der Waals surface area contributed by atoms with E-state index in [1.807, 2.05) is 12.1 Å². The predicted molar refractivity (Wildman–Crippen MR) is 111 cm³/mol. The SMILES string of the molecule is CC(C)(C)CCCCCCc1cc(CCCCC2(OC=O)CC2)ccc1O. The van der Waals surface area contributed by atoms with Gasteiger partial charge in [0.05, 0.1) is 0 Å². The molecule has 0 unspecified atom stereocenters. The fraction of sp³-hybridized carbons (Fsp3) is 0.708. The van der Waals surface area contributed by atoms with Crippen LogP contribution in [0.5, 0.6) is 5.75 Å². The first-order valence-electron chi connectivity index (χ1n) is 10.8. The lowest BCUT2D eigenvalue weighted by molar-refractivity contribution is -0.135. The molecule has 1 aliphatic rings. The van der Waals surface area contributed by atoms with Crippen molar-refractivity contribution in [3.8, 4) is 5.75 Å². The Morgan fingerprint density at radius 2 is 1.74 bits per heavy atom. The average Bonchev–Trinajstić information content (AvgIpc) is 3.36. The summed E-state index contributed by atoms with van der Waals surface area (Å²) >= 11 is 0. The maximum absolute atomic E-state index is 10.5. The third-order valence-corrected chi connectivity index (χ3v) is 5.72. The van der Waals surface area contributed by atoms with Gasteiger partial charge in [-0.3, -0.25) is 4.79 Å². The van der Waals surface area contributed by atoms with Crippen LogP contribution in [0.4, 0.5) is 0 Å². The number of carbonyl (C=O) groups is 1. The molecular weight excluding hydrogens is 336 g/mol. The highest BCUT2D eigenvalue weighted by Crippen LogP contribution is 2.43. The molecule has 152 valence electrons. The van der Waals surface area contributed by atoms with Gasteiger partial charge in [0.15, 0.2) is 0 Å². The van der Waals surface area contributed by atoms with Gasteiger partial charge in [-0.15, -0.1) is 0 Å². The number of hydrogen-bond donors (Lipinski definition) is 1. The molecule has 1 aliphatic carbocycles. The smallest absolute Gasteiger partial charge is 0.293 e. The molecule has 1 N–H and O–H groups in total. The zero-order valence-electron chi connectivity index (χ0n) is 17.6. The van der Waals surface area contributed by atoms with E-state index in [9.17, 15) is 9.90 Å². The van der Waals surface area contributed by atoms with E-state index >= 15 is 0 Å². The molecular formula is C24H38O3. The topological polar surface area (TPSA) is 46.5 Å². The van der Waals surface area contributed by atoms with Crippen LogP contribution >= 0.6 is 0 Å². The molecule has 1 aromatic rings. The second kappa shape index (κ2) is 10.1. The maximum Gasteiger partial charge on any atom is 0.293 e. The summed E-state index contributed by atoms with van der Waals surface area (Å²) in [7, 11) is 0. The molecule has 0 amide bonds. The van der Waals surface area contributed by atoms with E-state index in [2.05, 4.69) is 26.8 Å². The number of unbranched alkanes of at least 4 members (excludes halogenated alkanes) is 4. The van der Waals surface area contributed by atoms with Crippen LogP contribution in [0.1, 0.15) is 96.1 Å². The Morgan fingerprint density at radius 3 is 2.41 bits per heavy atom. The van der Waals surface area contributed by atoms with E-state index in [-0.39, 0.29) is 5.60 Å². The third kappa shape index (κ3) is 8.36. The highest BCUT2D eigenvalue weighted by atomic mass is 16.5. The molecule has 0 radical (unpaired) electrons. The monoisotopic (exact) mass is 374 g/mol. The number of phenolic OH excluding ortho intramolecular Hbond substituents is 1. The van der Waals surface area contributed by atoms with Gasteiger partial charge in [0.25, 0.3) is 6.47 Å². The van der Waals surface area contributed by atoms with Gasteiger partial charge in [-0.25, -0.2) is 0 Å². The predicted octanol–water partition coefficient (Wildman–Crippen LogP) is 6.35. The number of ether oxygens (including phenoxy) is 1. The Kier molecular flexibility index (Phi) is 8.19. The van der Waals surface area contributed by atoms with Crippen molar-refractivity contribution in [2.45, 2.75) is 103 Å². The van der Waals surface area contributed by atoms with E-state index in [1.54, 1.807) is 0 Å². The molecule has 1 saturated carbocycles. The largest absolute Gasteiger partial charge is 0.508 e. The molecule has 0 heterocycles. The summed E-state index contributed by atoms with van der Waals surface area (Å²) in [6, 6.07) is 6.07. The summed E-state index contributed by atoms with van der Waals surface area (Å²) in [6.45, 7) is 7.51. The molecule has 0 bridgehead atoms. The molecule has 3 heteroatoms. The van der Waals surface area contributed by atoms with E-state index in [1.165, 1.54) is 31.2 Å². The van der Waals surface area contributed by atoms with Crippen LogP contribution in [0.25, 0.3) is 0 Å². The van der Waals surface area contributed by atoms with Crippen molar-refractivity contribution in [3.63, 3.8) is 0 Å². The van der Waals surface area contributed by atoms with Crippen molar-refractivity contribution < 1.29 is 14.6 Å². The number of hydrogen-bond acceptors (Lipinski definition) is 3. The molecule has 0 saturated heterocycles. The van der Waals surface area contributed by atoms with Gasteiger partial charge in [0, 0.05) is 0 Å². The Morgan fingerprint density at radius 1 is 1.04 bits per heavy atom. The van der Waals surface area contributed by atoms with Crippen LogP contribution in [-0.2, 0) is 22.4 Å². The summed E-state index contributed by atoms with van der Waals surface area (Å²) in [5.41, 5.74) is 2.70. The van der Waals surface area contributed by atoms with E-state index in [4.69, 9.17) is 4.74 Å². The van der Waals surface area contributed by atoms with Gasteiger partial charge in [-0.2, -0.15) is 0 Å². The van der Waals surface area contributed by atoms with Crippen molar-refractivity contribution in [2.24, 2.45) is 5.41 Å². The second-order valence-electron chi connectivity index (χ2n) is 9.54. The molecule has 1 aromatic carbocycles. The van der Waals surface area contributed by atoms with Crippen LogP contribution in [0.2, 0.25) is 0 Å². The second-order valence-corrected chi connectivity index (χ2v) is 9.54. The molecule has 0 spiro atoms. The highest BCUT2D eigenvalue weighted by molar-refractivity contribution is 5.39. The number of benzene rings is 1. The summed E-state index contributed by atoms with van der Waals surface area (Å²) in [5.74, 6) is 0.435. The molecule has 27 heavy (non-hydrogen) atoms. The fourth-order valence-corrected chi connectivity index (χ4v) is 3.76. The number of rotatable bonds is 13. The van der Waals surface area contributed by atoms with Crippen molar-refractivity contribution in [2.75, 3.05) is 0 Å². The van der Waals surface area contributed by atoms with Crippen molar-refractivity contribution in [1.29, 1.82) is 0 Å². The molecule has 1 fully saturated rings. The van der Waals surface area contributed by atoms with Gasteiger partial charge in [-0.1, -0.05) is 52.2 Å². The highest BCUT2D eigenvalue weighted by Gasteiger charge is 2.44. The quantitative estimate of drug-likeness (QED) is 0.323. The first kappa shape index (κ1) is 21.8. The normalized spacial score (nSPS) is 15.5. The minimum Gasteiger partial charge on any atom is -0.508 e. The number of phenols is 1. The Hall–Kier alpha value is -1.51. The van der Waals surface area contributed by atoms with Crippen LogP contribution in [0, 0.1) is 5.41 Å². The van der Waals surface area contributed by atoms with Gasteiger partial charge in [-0.05, 0) is 80.4 Å². The van der Waals surface area contributed by atoms with E-state index in [0.29, 0.717) is 17.6 Å². The average molecular weight is 375 g/mol. The lowest BCUT2D eigenvalue weighted by atomic mass is 9.89. The summed E-state index contributed by atoms with van der Waals surface area (Å²) in [5, 5.41) is 10.1. The number of aromatic hydroxyl groups is 1. The van der Waals surface area contributed by atoms with Crippen molar-refractivity contribution >= 4 is 6.47 Å². The van der Waals surface area contributed by atoms with Crippen LogP contribution < -0.4 is 0 Å². The zero-order chi connectivity index (χ0) is 19.8. The summed E-state index contributed by atoms with van der Waals surface area (Å²) in [6.07, 6.45) is 13.4. The minimum atomic E-state index is -0.130. The Balaban J connectivity index is 1.66. The van der Waals surface area contributed by atoms with E-state index < -0.39 is 0 Å². The zero-order valence-corrected chi connectivity index (χ0v) is 17.6. The fourth-order valence-electron chi connectivity index (χ4n) is 3.76. The molecule has 0 aromatic heterocycles. The minimum absolute atomic E-state index is 0.130. The Labute approximate surface area is 165 Å². The molecule has 0 aliphatic heterocycles. The van der Waals surface area contributed by atoms with Gasteiger partial charge in [0.2, 0.25) is 0 Å². The molecule has 2 rings (SSSR count). The first-order chi connectivity index (χ1) is 12.8. The van der Waals surface area contributed by atoms with Crippen molar-refractivity contribution in [1.82, 2.24) is 0 Å². The number of carbonyl (C=O) groups excluding carboxylic acids is 1. The Bertz CT molecular complexity index is 582. The summed E-state index contributed by atoms with van der Waals surface area (Å²) in [4.78, 5) is 10.5. The third-order valence-electron chi connectivity index (χ3n) is 5.72.